The van der Waals surface area contributed by atoms with Crippen molar-refractivity contribution in [1.82, 2.24) is 9.71 Å². The van der Waals surface area contributed by atoms with E-state index in [4.69, 9.17) is 0 Å². The third kappa shape index (κ3) is 4.03. The molecule has 1 unspecified atom stereocenters. The quantitative estimate of drug-likeness (QED) is 0.873. The lowest BCUT2D eigenvalue weighted by Gasteiger charge is -2.25. The van der Waals surface area contributed by atoms with Gasteiger partial charge in [0.1, 0.15) is 15.8 Å². The molecule has 0 radical (unpaired) electrons. The summed E-state index contributed by atoms with van der Waals surface area (Å²) < 4.78 is 15.6. The van der Waals surface area contributed by atoms with E-state index >= 15 is 0 Å². The molecule has 0 aromatic carbocycles. The molecule has 0 spiro atoms. The van der Waals surface area contributed by atoms with Crippen molar-refractivity contribution >= 4 is 38.6 Å². The number of rotatable bonds is 3. The first-order chi connectivity index (χ1) is 6.80. The molecular weight excluding hydrogens is 296 g/mol. The second kappa shape index (κ2) is 5.14. The highest BCUT2D eigenvalue weighted by atomic mass is 79.9. The van der Waals surface area contributed by atoms with Crippen LogP contribution in [0.2, 0.25) is 0 Å². The molecule has 0 aliphatic heterocycles. The van der Waals surface area contributed by atoms with Crippen molar-refractivity contribution in [3.05, 3.63) is 15.0 Å². The Morgan fingerprint density at radius 2 is 2.20 bits per heavy atom. The van der Waals surface area contributed by atoms with Crippen LogP contribution in [0, 0.1) is 0 Å². The van der Waals surface area contributed by atoms with E-state index in [2.05, 4.69) is 25.6 Å². The highest BCUT2D eigenvalue weighted by Gasteiger charge is 2.29. The van der Waals surface area contributed by atoms with Crippen molar-refractivity contribution in [2.24, 2.45) is 0 Å². The summed E-state index contributed by atoms with van der Waals surface area (Å²) >= 11 is 3.86. The Kier molecular flexibility index (Phi) is 4.61. The lowest BCUT2D eigenvalue weighted by molar-refractivity contribution is 0.531. The molecule has 0 fully saturated rings. The summed E-state index contributed by atoms with van der Waals surface area (Å²) in [4.78, 5) is 4.23. The van der Waals surface area contributed by atoms with Gasteiger partial charge in [-0.05, 0) is 43.6 Å². The highest BCUT2D eigenvalue weighted by molar-refractivity contribution is 9.11. The minimum absolute atomic E-state index is 0.0151. The average molecular weight is 311 g/mol. The molecule has 1 aromatic heterocycles. The topological polar surface area (TPSA) is 48.0 Å². The van der Waals surface area contributed by atoms with Crippen LogP contribution in [0.5, 0.6) is 0 Å². The maximum absolute atomic E-state index is 11.8. The van der Waals surface area contributed by atoms with Gasteiger partial charge in [-0.2, -0.15) is 0 Å². The molecule has 0 saturated carbocycles. The molecule has 1 heterocycles. The average Bonchev–Trinajstić information content (AvgIpc) is 2.50. The Morgan fingerprint density at radius 3 is 2.60 bits per heavy atom. The van der Waals surface area contributed by atoms with Crippen molar-refractivity contribution in [3.63, 3.8) is 0 Å². The number of hydrogen-bond donors (Lipinski definition) is 1. The summed E-state index contributed by atoms with van der Waals surface area (Å²) in [5.41, 5.74) is 0. The van der Waals surface area contributed by atoms with Crippen LogP contribution in [0.3, 0.4) is 0 Å². The fourth-order valence-corrected chi connectivity index (χ4v) is 2.96. The maximum atomic E-state index is 11.8. The summed E-state index contributed by atoms with van der Waals surface area (Å²) in [7, 11) is 0. The van der Waals surface area contributed by atoms with E-state index in [0.29, 0.717) is 0 Å². The molecule has 0 aliphatic carbocycles. The molecule has 0 saturated heterocycles. The predicted molar refractivity (Wildman–Crippen MR) is 69.3 cm³/mol. The summed E-state index contributed by atoms with van der Waals surface area (Å²) in [6.45, 7) is 7.80. The van der Waals surface area contributed by atoms with E-state index in [0.717, 1.165) is 8.79 Å². The van der Waals surface area contributed by atoms with Gasteiger partial charge in [-0.25, -0.2) is 4.98 Å². The summed E-state index contributed by atoms with van der Waals surface area (Å²) in [6, 6.07) is 0.0151. The molecule has 15 heavy (non-hydrogen) atoms. The molecule has 3 nitrogen and oxygen atoms in total. The first-order valence-electron chi connectivity index (χ1n) is 4.60. The standard InChI is InChI=1S/C9H15BrN2OS2/c1-6(8-11-5-7(10)14-8)12-15(13)9(2,3)4/h5-6,12H,1-4H3/t6?,15-/m0/s1. The molecule has 1 rings (SSSR count). The van der Waals surface area contributed by atoms with Gasteiger partial charge in [-0.3, -0.25) is 0 Å². The Labute approximate surface area is 106 Å². The molecular formula is C9H15BrN2OS2. The number of thiazole rings is 1. The number of nitrogens with one attached hydrogen (secondary N) is 1. The van der Waals surface area contributed by atoms with Crippen LogP contribution in [0.15, 0.2) is 9.98 Å². The molecule has 6 heteroatoms. The number of halogens is 1. The van der Waals surface area contributed by atoms with Crippen LogP contribution in [-0.4, -0.2) is 14.3 Å². The van der Waals surface area contributed by atoms with E-state index < -0.39 is 11.4 Å². The highest BCUT2D eigenvalue weighted by Crippen LogP contribution is 2.26. The number of aromatic nitrogens is 1. The monoisotopic (exact) mass is 310 g/mol. The van der Waals surface area contributed by atoms with Gasteiger partial charge in [0.25, 0.3) is 0 Å². The lowest BCUT2D eigenvalue weighted by Crippen LogP contribution is -2.40. The minimum Gasteiger partial charge on any atom is -0.598 e. The van der Waals surface area contributed by atoms with Crippen molar-refractivity contribution in [3.8, 4) is 0 Å². The van der Waals surface area contributed by atoms with Gasteiger partial charge >= 0.3 is 0 Å². The molecule has 1 N–H and O–H groups in total. The Hall–Kier alpha value is 0.380. The lowest BCUT2D eigenvalue weighted by atomic mass is 10.3. The SMILES string of the molecule is CC(N[S@@+]([O-])C(C)(C)C)c1ncc(Br)s1. The van der Waals surface area contributed by atoms with Crippen molar-refractivity contribution in [2.75, 3.05) is 0 Å². The zero-order valence-electron chi connectivity index (χ0n) is 9.20. The molecule has 1 aromatic rings. The van der Waals surface area contributed by atoms with Crippen molar-refractivity contribution in [2.45, 2.75) is 38.5 Å². The third-order valence-corrected chi connectivity index (χ3v) is 5.04. The summed E-state index contributed by atoms with van der Waals surface area (Å²) in [6.07, 6.45) is 1.76. The van der Waals surface area contributed by atoms with Crippen LogP contribution in [-0.2, 0) is 11.4 Å². The second-order valence-electron chi connectivity index (χ2n) is 4.22. The van der Waals surface area contributed by atoms with Gasteiger partial charge < -0.3 is 4.55 Å². The van der Waals surface area contributed by atoms with Gasteiger partial charge in [0, 0.05) is 11.4 Å². The number of hydrogen-bond acceptors (Lipinski definition) is 4. The van der Waals surface area contributed by atoms with Crippen molar-refractivity contribution < 1.29 is 4.55 Å². The van der Waals surface area contributed by atoms with Crippen molar-refractivity contribution in [1.29, 1.82) is 0 Å². The zero-order chi connectivity index (χ0) is 11.6. The van der Waals surface area contributed by atoms with Gasteiger partial charge in [-0.15, -0.1) is 16.1 Å². The Bertz CT molecular complexity index is 324. The van der Waals surface area contributed by atoms with E-state index in [1.165, 1.54) is 0 Å². The first-order valence-corrected chi connectivity index (χ1v) is 7.36. The second-order valence-corrected chi connectivity index (χ2v) is 8.66. The Morgan fingerprint density at radius 1 is 1.60 bits per heavy atom. The van der Waals surface area contributed by atoms with E-state index in [9.17, 15) is 4.55 Å². The van der Waals surface area contributed by atoms with Gasteiger partial charge in [-0.1, -0.05) is 0 Å². The predicted octanol–water partition coefficient (Wildman–Crippen LogP) is 3.02. The Balaban J connectivity index is 2.60. The molecule has 0 amide bonds. The van der Waals surface area contributed by atoms with Crippen LogP contribution >= 0.6 is 27.3 Å². The van der Waals surface area contributed by atoms with Gasteiger partial charge in [0.2, 0.25) is 0 Å². The first kappa shape index (κ1) is 13.4. The normalized spacial score (nSPS) is 16.4. The molecule has 86 valence electrons. The molecule has 0 bridgehead atoms. The summed E-state index contributed by atoms with van der Waals surface area (Å²) in [5, 5.41) is 0.944. The number of nitrogens with zero attached hydrogens (tertiary/aromatic N) is 1. The smallest absolute Gasteiger partial charge is 0.136 e. The van der Waals surface area contributed by atoms with Crippen LogP contribution in [0.25, 0.3) is 0 Å². The van der Waals surface area contributed by atoms with Crippen LogP contribution in [0.1, 0.15) is 38.7 Å². The van der Waals surface area contributed by atoms with Crippen LogP contribution < -0.4 is 4.72 Å². The van der Waals surface area contributed by atoms with E-state index in [1.807, 2.05) is 27.7 Å². The van der Waals surface area contributed by atoms with Gasteiger partial charge in [0.15, 0.2) is 0 Å². The fraction of sp³-hybridized carbons (Fsp3) is 0.667. The van der Waals surface area contributed by atoms with Gasteiger partial charge in [0.05, 0.1) is 9.98 Å². The molecule has 2 atom stereocenters. The maximum Gasteiger partial charge on any atom is 0.136 e. The van der Waals surface area contributed by atoms with E-state index in [-0.39, 0.29) is 10.8 Å². The fourth-order valence-electron chi connectivity index (χ4n) is 0.855. The minimum atomic E-state index is -1.06. The largest absolute Gasteiger partial charge is 0.598 e. The third-order valence-electron chi connectivity index (χ3n) is 1.71. The van der Waals surface area contributed by atoms with E-state index in [1.54, 1.807) is 17.5 Å². The summed E-state index contributed by atoms with van der Waals surface area (Å²) in [5.74, 6) is 0. The zero-order valence-corrected chi connectivity index (χ0v) is 12.4. The van der Waals surface area contributed by atoms with Crippen LogP contribution in [0.4, 0.5) is 0 Å². The molecule has 0 aliphatic rings.